The van der Waals surface area contributed by atoms with Crippen LogP contribution in [0.2, 0.25) is 0 Å². The minimum absolute atomic E-state index is 0.0130. The van der Waals surface area contributed by atoms with Crippen molar-refractivity contribution in [3.8, 4) is 0 Å². The maximum atomic E-state index is 14.6. The quantitative estimate of drug-likeness (QED) is 0.745. The van der Waals surface area contributed by atoms with Crippen LogP contribution in [0.3, 0.4) is 0 Å². The molecule has 1 aromatic carbocycles. The first-order valence-corrected chi connectivity index (χ1v) is 9.46. The summed E-state index contributed by atoms with van der Waals surface area (Å²) in [6, 6.07) is 9.51. The van der Waals surface area contributed by atoms with Crippen molar-refractivity contribution >= 4 is 5.91 Å². The number of primary amides is 1. The number of nitrogens with zero attached hydrogens (tertiary/aromatic N) is 2. The number of nitrogens with two attached hydrogens (primary N) is 2. The van der Waals surface area contributed by atoms with Crippen LogP contribution >= 0.6 is 0 Å². The van der Waals surface area contributed by atoms with E-state index < -0.39 is 30.1 Å². The van der Waals surface area contributed by atoms with Gasteiger partial charge in [0.05, 0.1) is 17.8 Å². The van der Waals surface area contributed by atoms with Gasteiger partial charge < -0.3 is 11.5 Å². The second-order valence-corrected chi connectivity index (χ2v) is 7.57. The molecule has 2 heterocycles. The van der Waals surface area contributed by atoms with E-state index in [1.165, 1.54) is 0 Å². The van der Waals surface area contributed by atoms with E-state index in [2.05, 4.69) is 4.98 Å². The van der Waals surface area contributed by atoms with Gasteiger partial charge in [-0.05, 0) is 23.1 Å². The number of likely N-dealkylation sites (tertiary alicyclic amines) is 1. The largest absolute Gasteiger partial charge is 0.368 e. The topological polar surface area (TPSA) is 85.2 Å². The molecule has 28 heavy (non-hydrogen) atoms. The molecule has 7 heteroatoms. The zero-order chi connectivity index (χ0) is 20.4. The van der Waals surface area contributed by atoms with E-state index >= 15 is 0 Å². The first-order chi connectivity index (χ1) is 13.3. The highest BCUT2D eigenvalue weighted by atomic mass is 19.1. The maximum absolute atomic E-state index is 14.6. The van der Waals surface area contributed by atoms with Crippen molar-refractivity contribution in [2.45, 2.75) is 51.0 Å². The molecule has 0 radical (unpaired) electrons. The smallest absolute Gasteiger partial charge is 0.234 e. The molecule has 4 N–H and O–H groups in total. The average Bonchev–Trinajstić information content (AvgIpc) is 3.03. The normalized spacial score (nSPS) is 21.2. The molecule has 0 spiro atoms. The summed E-state index contributed by atoms with van der Waals surface area (Å²) in [5, 5.41) is 0. The van der Waals surface area contributed by atoms with Crippen LogP contribution in [0.5, 0.6) is 0 Å². The predicted octanol–water partition coefficient (Wildman–Crippen LogP) is 2.79. The minimum Gasteiger partial charge on any atom is -0.368 e. The van der Waals surface area contributed by atoms with Crippen LogP contribution in [0, 0.1) is 5.95 Å². The van der Waals surface area contributed by atoms with Crippen molar-refractivity contribution in [1.82, 2.24) is 9.88 Å². The number of pyridine rings is 1. The Morgan fingerprint density at radius 1 is 1.32 bits per heavy atom. The first kappa shape index (κ1) is 20.4. The first-order valence-electron chi connectivity index (χ1n) is 9.46. The van der Waals surface area contributed by atoms with E-state index in [0.29, 0.717) is 17.8 Å². The Balaban J connectivity index is 2.12. The Labute approximate surface area is 163 Å². The van der Waals surface area contributed by atoms with Crippen molar-refractivity contribution < 1.29 is 13.6 Å². The Kier molecular flexibility index (Phi) is 6.05. The molecule has 1 amide bonds. The minimum atomic E-state index is -1.18. The lowest BCUT2D eigenvalue weighted by Crippen LogP contribution is -2.43. The van der Waals surface area contributed by atoms with Crippen LogP contribution in [-0.2, 0) is 11.3 Å². The molecule has 5 nitrogen and oxygen atoms in total. The van der Waals surface area contributed by atoms with Gasteiger partial charge in [0.15, 0.2) is 0 Å². The van der Waals surface area contributed by atoms with E-state index in [-0.39, 0.29) is 18.9 Å². The molecular weight excluding hydrogens is 362 g/mol. The summed E-state index contributed by atoms with van der Waals surface area (Å²) < 4.78 is 28.8. The number of rotatable bonds is 6. The zero-order valence-electron chi connectivity index (χ0n) is 16.1. The van der Waals surface area contributed by atoms with E-state index in [4.69, 9.17) is 11.5 Å². The Morgan fingerprint density at radius 2 is 2.07 bits per heavy atom. The fourth-order valence-corrected chi connectivity index (χ4v) is 3.84. The van der Waals surface area contributed by atoms with Gasteiger partial charge in [-0.3, -0.25) is 9.69 Å². The molecule has 150 valence electrons. The summed E-state index contributed by atoms with van der Waals surface area (Å²) in [6.45, 7) is 4.14. The number of carbonyl (C=O) groups excluding carboxylic acids is 1. The third-order valence-electron chi connectivity index (χ3n) is 5.25. The van der Waals surface area contributed by atoms with Crippen molar-refractivity contribution in [2.24, 2.45) is 11.5 Å². The third-order valence-corrected chi connectivity index (χ3v) is 5.25. The Morgan fingerprint density at radius 3 is 2.68 bits per heavy atom. The van der Waals surface area contributed by atoms with Gasteiger partial charge in [0.1, 0.15) is 6.17 Å². The number of alkyl halides is 1. The van der Waals surface area contributed by atoms with Gasteiger partial charge in [-0.15, -0.1) is 0 Å². The average molecular weight is 388 g/mol. The van der Waals surface area contributed by atoms with Crippen LogP contribution in [0.1, 0.15) is 54.6 Å². The predicted molar refractivity (Wildman–Crippen MR) is 104 cm³/mol. The highest BCUT2D eigenvalue weighted by molar-refractivity contribution is 5.80. The lowest BCUT2D eigenvalue weighted by Gasteiger charge is -2.32. The highest BCUT2D eigenvalue weighted by Gasteiger charge is 2.41. The van der Waals surface area contributed by atoms with Crippen molar-refractivity contribution in [3.63, 3.8) is 0 Å². The van der Waals surface area contributed by atoms with Gasteiger partial charge in [0.25, 0.3) is 0 Å². The summed E-state index contributed by atoms with van der Waals surface area (Å²) in [7, 11) is 0. The van der Waals surface area contributed by atoms with Gasteiger partial charge in [-0.1, -0.05) is 44.2 Å². The van der Waals surface area contributed by atoms with Gasteiger partial charge in [0.2, 0.25) is 11.9 Å². The van der Waals surface area contributed by atoms with E-state index in [1.54, 1.807) is 17.0 Å². The fourth-order valence-electron chi connectivity index (χ4n) is 3.84. The van der Waals surface area contributed by atoms with E-state index in [0.717, 1.165) is 11.1 Å². The van der Waals surface area contributed by atoms with Crippen LogP contribution in [0.15, 0.2) is 36.4 Å². The van der Waals surface area contributed by atoms with E-state index in [1.807, 2.05) is 38.1 Å². The molecule has 2 unspecified atom stereocenters. The lowest BCUT2D eigenvalue weighted by atomic mass is 9.96. The molecule has 0 aliphatic carbocycles. The van der Waals surface area contributed by atoms with Crippen LogP contribution in [-0.4, -0.2) is 34.5 Å². The number of benzene rings is 1. The number of carbonyl (C=O) groups is 1. The SMILES string of the molecule is CC(C)c1ccc([C@@H](c2cccc(CN)c2)N2CC(F)CC2C(N)=O)nc1F. The van der Waals surface area contributed by atoms with Gasteiger partial charge in [-0.25, -0.2) is 9.37 Å². The molecule has 1 aromatic heterocycles. The van der Waals surface area contributed by atoms with Gasteiger partial charge in [-0.2, -0.15) is 4.39 Å². The number of hydrogen-bond donors (Lipinski definition) is 2. The van der Waals surface area contributed by atoms with Crippen molar-refractivity contribution in [3.05, 3.63) is 64.7 Å². The molecule has 3 atom stereocenters. The summed E-state index contributed by atoms with van der Waals surface area (Å²) in [4.78, 5) is 17.8. The molecule has 1 saturated heterocycles. The molecule has 1 aliphatic heterocycles. The fraction of sp³-hybridized carbons (Fsp3) is 0.429. The number of hydrogen-bond acceptors (Lipinski definition) is 4. The number of aromatic nitrogens is 1. The van der Waals surface area contributed by atoms with Crippen molar-refractivity contribution in [2.75, 3.05) is 6.54 Å². The second-order valence-electron chi connectivity index (χ2n) is 7.57. The van der Waals surface area contributed by atoms with Gasteiger partial charge in [0, 0.05) is 25.1 Å². The molecule has 0 saturated carbocycles. The highest BCUT2D eigenvalue weighted by Crippen LogP contribution is 2.36. The van der Waals surface area contributed by atoms with Crippen LogP contribution in [0.4, 0.5) is 8.78 Å². The zero-order valence-corrected chi connectivity index (χ0v) is 16.1. The van der Waals surface area contributed by atoms with Crippen LogP contribution in [0.25, 0.3) is 0 Å². The standard InChI is InChI=1S/C21H26F2N4O/c1-12(2)16-6-7-17(26-20(16)23)19(14-5-3-4-13(8-14)10-24)27-11-15(22)9-18(27)21(25)28/h3-8,12,15,18-19H,9-11,24H2,1-2H3,(H2,25,28)/t15?,18?,19-/m1/s1. The molecule has 2 aromatic rings. The molecular formula is C21H26F2N4O. The Hall–Kier alpha value is -2.38. The summed E-state index contributed by atoms with van der Waals surface area (Å²) in [5.41, 5.74) is 13.9. The summed E-state index contributed by atoms with van der Waals surface area (Å²) in [5.74, 6) is -1.17. The molecule has 3 rings (SSSR count). The molecule has 0 bridgehead atoms. The van der Waals surface area contributed by atoms with Crippen molar-refractivity contribution in [1.29, 1.82) is 0 Å². The van der Waals surface area contributed by atoms with Gasteiger partial charge >= 0.3 is 0 Å². The van der Waals surface area contributed by atoms with E-state index in [9.17, 15) is 13.6 Å². The monoisotopic (exact) mass is 388 g/mol. The number of amides is 1. The maximum Gasteiger partial charge on any atom is 0.234 e. The summed E-state index contributed by atoms with van der Waals surface area (Å²) in [6.07, 6.45) is -1.16. The number of halogens is 2. The third kappa shape index (κ3) is 4.05. The van der Waals surface area contributed by atoms with Crippen LogP contribution < -0.4 is 11.5 Å². The second kappa shape index (κ2) is 8.32. The lowest BCUT2D eigenvalue weighted by molar-refractivity contribution is -0.122. The molecule has 1 aliphatic rings. The Bertz CT molecular complexity index is 858. The summed E-state index contributed by atoms with van der Waals surface area (Å²) >= 11 is 0. The molecule has 1 fully saturated rings.